The summed E-state index contributed by atoms with van der Waals surface area (Å²) < 4.78 is 0. The molecule has 0 aromatic heterocycles. The Labute approximate surface area is 143 Å². The number of likely N-dealkylation sites (N-methyl/N-ethyl adjacent to an activating group) is 1. The molecule has 0 heterocycles. The number of carbonyl (C=O) groups is 1. The van der Waals surface area contributed by atoms with Crippen molar-refractivity contribution in [2.24, 2.45) is 0 Å². The number of hydrogen-bond acceptors (Lipinski definition) is 2. The number of benzene rings is 2. The highest BCUT2D eigenvalue weighted by atomic mass is 35.5. The molecule has 2 aromatic rings. The second kappa shape index (κ2) is 8.14. The summed E-state index contributed by atoms with van der Waals surface area (Å²) in [4.78, 5) is 14.4. The SMILES string of the molecule is Cc1ccccc1CN(C)C(C)C(=O)NCc1ccccc1Cl. The van der Waals surface area contributed by atoms with E-state index in [-0.39, 0.29) is 11.9 Å². The summed E-state index contributed by atoms with van der Waals surface area (Å²) in [5.74, 6) is 0.000930. The lowest BCUT2D eigenvalue weighted by atomic mass is 10.1. The van der Waals surface area contributed by atoms with Crippen LogP contribution in [0.5, 0.6) is 0 Å². The van der Waals surface area contributed by atoms with Gasteiger partial charge in [0.2, 0.25) is 5.91 Å². The van der Waals surface area contributed by atoms with Crippen molar-refractivity contribution in [2.75, 3.05) is 7.05 Å². The molecule has 1 unspecified atom stereocenters. The van der Waals surface area contributed by atoms with Gasteiger partial charge in [0.25, 0.3) is 0 Å². The molecular formula is C19H23ClN2O. The van der Waals surface area contributed by atoms with Gasteiger partial charge in [-0.15, -0.1) is 0 Å². The molecule has 122 valence electrons. The molecule has 0 radical (unpaired) electrons. The van der Waals surface area contributed by atoms with E-state index in [1.165, 1.54) is 11.1 Å². The second-order valence-corrected chi connectivity index (χ2v) is 6.23. The Kier molecular flexibility index (Phi) is 6.20. The number of aryl methyl sites for hydroxylation is 1. The van der Waals surface area contributed by atoms with Gasteiger partial charge in [0.15, 0.2) is 0 Å². The summed E-state index contributed by atoms with van der Waals surface area (Å²) in [6.45, 7) is 5.19. The van der Waals surface area contributed by atoms with Gasteiger partial charge < -0.3 is 5.32 Å². The summed E-state index contributed by atoms with van der Waals surface area (Å²) in [6.07, 6.45) is 0. The molecule has 0 saturated heterocycles. The molecule has 1 atom stereocenters. The van der Waals surface area contributed by atoms with Crippen LogP contribution in [0.1, 0.15) is 23.6 Å². The minimum Gasteiger partial charge on any atom is -0.351 e. The minimum atomic E-state index is -0.211. The monoisotopic (exact) mass is 330 g/mol. The van der Waals surface area contributed by atoms with E-state index < -0.39 is 0 Å². The number of rotatable bonds is 6. The first-order valence-electron chi connectivity index (χ1n) is 7.75. The van der Waals surface area contributed by atoms with E-state index in [0.29, 0.717) is 11.6 Å². The van der Waals surface area contributed by atoms with Gasteiger partial charge >= 0.3 is 0 Å². The largest absolute Gasteiger partial charge is 0.351 e. The topological polar surface area (TPSA) is 32.3 Å². The Morgan fingerprint density at radius 2 is 1.74 bits per heavy atom. The van der Waals surface area contributed by atoms with Crippen molar-refractivity contribution in [1.82, 2.24) is 10.2 Å². The highest BCUT2D eigenvalue weighted by molar-refractivity contribution is 6.31. The van der Waals surface area contributed by atoms with Crippen molar-refractivity contribution in [3.8, 4) is 0 Å². The van der Waals surface area contributed by atoms with Crippen LogP contribution >= 0.6 is 11.6 Å². The quantitative estimate of drug-likeness (QED) is 0.874. The molecule has 0 saturated carbocycles. The maximum Gasteiger partial charge on any atom is 0.237 e. The van der Waals surface area contributed by atoms with Gasteiger partial charge in [0.1, 0.15) is 0 Å². The van der Waals surface area contributed by atoms with E-state index in [9.17, 15) is 4.79 Å². The lowest BCUT2D eigenvalue weighted by Gasteiger charge is -2.24. The molecule has 3 nitrogen and oxygen atoms in total. The summed E-state index contributed by atoms with van der Waals surface area (Å²) in [6, 6.07) is 15.6. The zero-order chi connectivity index (χ0) is 16.8. The zero-order valence-electron chi connectivity index (χ0n) is 13.8. The van der Waals surface area contributed by atoms with Crippen LogP contribution in [-0.4, -0.2) is 23.9 Å². The van der Waals surface area contributed by atoms with Gasteiger partial charge in [-0.1, -0.05) is 54.1 Å². The maximum absolute atomic E-state index is 12.3. The highest BCUT2D eigenvalue weighted by Gasteiger charge is 2.18. The van der Waals surface area contributed by atoms with E-state index in [2.05, 4.69) is 24.4 Å². The maximum atomic E-state index is 12.3. The number of amides is 1. The Hall–Kier alpha value is -1.84. The molecule has 1 N–H and O–H groups in total. The summed E-state index contributed by atoms with van der Waals surface area (Å²) in [5, 5.41) is 3.63. The smallest absolute Gasteiger partial charge is 0.237 e. The van der Waals surface area contributed by atoms with Crippen molar-refractivity contribution in [1.29, 1.82) is 0 Å². The number of carbonyl (C=O) groups excluding carboxylic acids is 1. The van der Waals surface area contributed by atoms with Crippen molar-refractivity contribution < 1.29 is 4.79 Å². The Balaban J connectivity index is 1.91. The van der Waals surface area contributed by atoms with E-state index in [4.69, 9.17) is 11.6 Å². The third-order valence-electron chi connectivity index (χ3n) is 4.13. The van der Waals surface area contributed by atoms with Gasteiger partial charge in [0.05, 0.1) is 6.04 Å². The standard InChI is InChI=1S/C19H23ClN2O/c1-14-8-4-5-10-17(14)13-22(3)15(2)19(23)21-12-16-9-6-7-11-18(16)20/h4-11,15H,12-13H2,1-3H3,(H,21,23). The van der Waals surface area contributed by atoms with Gasteiger partial charge in [-0.05, 0) is 43.7 Å². The van der Waals surface area contributed by atoms with Gasteiger partial charge in [-0.3, -0.25) is 9.69 Å². The van der Waals surface area contributed by atoms with Crippen LogP contribution in [0.25, 0.3) is 0 Å². The summed E-state index contributed by atoms with van der Waals surface area (Å²) >= 11 is 6.11. The van der Waals surface area contributed by atoms with Crippen LogP contribution in [0.2, 0.25) is 5.02 Å². The van der Waals surface area contributed by atoms with Crippen LogP contribution < -0.4 is 5.32 Å². The molecule has 0 bridgehead atoms. The Morgan fingerprint density at radius 1 is 1.13 bits per heavy atom. The van der Waals surface area contributed by atoms with E-state index >= 15 is 0 Å². The molecule has 23 heavy (non-hydrogen) atoms. The van der Waals surface area contributed by atoms with Crippen molar-refractivity contribution in [3.05, 3.63) is 70.2 Å². The highest BCUT2D eigenvalue weighted by Crippen LogP contribution is 2.15. The van der Waals surface area contributed by atoms with Crippen molar-refractivity contribution >= 4 is 17.5 Å². The van der Waals surface area contributed by atoms with Crippen LogP contribution in [0.4, 0.5) is 0 Å². The molecule has 0 fully saturated rings. The summed E-state index contributed by atoms with van der Waals surface area (Å²) in [7, 11) is 1.96. The van der Waals surface area contributed by atoms with Crippen molar-refractivity contribution in [2.45, 2.75) is 33.0 Å². The lowest BCUT2D eigenvalue weighted by molar-refractivity contribution is -0.125. The van der Waals surface area contributed by atoms with E-state index in [1.54, 1.807) is 0 Å². The fraction of sp³-hybridized carbons (Fsp3) is 0.316. The number of nitrogens with zero attached hydrogens (tertiary/aromatic N) is 1. The Morgan fingerprint density at radius 3 is 2.39 bits per heavy atom. The first kappa shape index (κ1) is 17.5. The molecular weight excluding hydrogens is 308 g/mol. The average molecular weight is 331 g/mol. The number of hydrogen-bond donors (Lipinski definition) is 1. The van der Waals surface area contributed by atoms with E-state index in [1.807, 2.05) is 55.3 Å². The first-order valence-corrected chi connectivity index (χ1v) is 8.12. The van der Waals surface area contributed by atoms with Gasteiger partial charge in [-0.25, -0.2) is 0 Å². The Bertz CT molecular complexity index is 672. The molecule has 0 spiro atoms. The first-order chi connectivity index (χ1) is 11.0. The molecule has 1 amide bonds. The molecule has 0 aliphatic heterocycles. The van der Waals surface area contributed by atoms with E-state index in [0.717, 1.165) is 12.1 Å². The fourth-order valence-corrected chi connectivity index (χ4v) is 2.57. The zero-order valence-corrected chi connectivity index (χ0v) is 14.6. The number of nitrogens with one attached hydrogen (secondary N) is 1. The predicted molar refractivity (Wildman–Crippen MR) is 95.4 cm³/mol. The summed E-state index contributed by atoms with van der Waals surface area (Å²) in [5.41, 5.74) is 3.40. The molecule has 2 aromatic carbocycles. The average Bonchev–Trinajstić information content (AvgIpc) is 2.55. The molecule has 4 heteroatoms. The van der Waals surface area contributed by atoms with Crippen LogP contribution in [0.3, 0.4) is 0 Å². The van der Waals surface area contributed by atoms with Gasteiger partial charge in [-0.2, -0.15) is 0 Å². The van der Waals surface area contributed by atoms with Crippen LogP contribution in [0, 0.1) is 6.92 Å². The second-order valence-electron chi connectivity index (χ2n) is 5.83. The predicted octanol–water partition coefficient (Wildman–Crippen LogP) is 3.79. The normalized spacial score (nSPS) is 12.2. The number of halogens is 1. The van der Waals surface area contributed by atoms with Crippen LogP contribution in [0.15, 0.2) is 48.5 Å². The third-order valence-corrected chi connectivity index (χ3v) is 4.50. The van der Waals surface area contributed by atoms with Crippen molar-refractivity contribution in [3.63, 3.8) is 0 Å². The van der Waals surface area contributed by atoms with Crippen LogP contribution in [-0.2, 0) is 17.9 Å². The fourth-order valence-electron chi connectivity index (χ4n) is 2.37. The lowest BCUT2D eigenvalue weighted by Crippen LogP contribution is -2.42. The molecule has 2 rings (SSSR count). The minimum absolute atomic E-state index is 0.000930. The molecule has 0 aliphatic rings. The molecule has 0 aliphatic carbocycles. The third kappa shape index (κ3) is 4.81. The van der Waals surface area contributed by atoms with Gasteiger partial charge in [0, 0.05) is 18.1 Å².